The Morgan fingerprint density at radius 1 is 1.33 bits per heavy atom. The first-order valence-corrected chi connectivity index (χ1v) is 4.73. The molecule has 0 amide bonds. The van der Waals surface area contributed by atoms with Gasteiger partial charge < -0.3 is 9.40 Å². The predicted octanol–water partition coefficient (Wildman–Crippen LogP) is 2.28. The van der Waals surface area contributed by atoms with Crippen molar-refractivity contribution in [2.24, 2.45) is 0 Å². The minimum absolute atomic E-state index is 0.269. The van der Waals surface area contributed by atoms with E-state index in [1.807, 2.05) is 18.3 Å². The van der Waals surface area contributed by atoms with Crippen LogP contribution in [0, 0.1) is 4.84 Å². The van der Waals surface area contributed by atoms with Gasteiger partial charge in [0.05, 0.1) is 5.56 Å². The van der Waals surface area contributed by atoms with Crippen LogP contribution in [0.25, 0.3) is 22.5 Å². The number of aromatic amines is 2. The summed E-state index contributed by atoms with van der Waals surface area (Å²) in [4.78, 5) is 7.46. The van der Waals surface area contributed by atoms with Gasteiger partial charge in [-0.15, -0.1) is 5.10 Å². The molecule has 0 aliphatic carbocycles. The first kappa shape index (κ1) is 8.37. The molecule has 0 saturated heterocycles. The molecule has 0 atom stereocenters. The number of hydrogen-bond acceptors (Lipinski definition) is 4. The average molecular weight is 218 g/mol. The van der Waals surface area contributed by atoms with Gasteiger partial charge in [-0.05, 0) is 24.4 Å². The lowest BCUT2D eigenvalue weighted by Crippen LogP contribution is -1.81. The molecule has 0 radical (unpaired) electrons. The molecule has 0 fully saturated rings. The maximum Gasteiger partial charge on any atom is 0.284 e. The summed E-state index contributed by atoms with van der Waals surface area (Å²) in [5.41, 5.74) is 1.67. The highest BCUT2D eigenvalue weighted by Crippen LogP contribution is 2.24. The number of H-pyrrole nitrogens is 2. The molecule has 0 unspecified atom stereocenters. The van der Waals surface area contributed by atoms with Gasteiger partial charge in [-0.25, -0.2) is 10.1 Å². The zero-order valence-corrected chi connectivity index (χ0v) is 8.34. The molecular weight excluding hydrogens is 212 g/mol. The SMILES string of the molecule is S=c1[nH]nc(-c2ccnc3[nH]ccc23)o1. The molecule has 2 N–H and O–H groups in total. The van der Waals surface area contributed by atoms with E-state index in [2.05, 4.69) is 20.2 Å². The summed E-state index contributed by atoms with van der Waals surface area (Å²) in [7, 11) is 0. The highest BCUT2D eigenvalue weighted by atomic mass is 32.1. The van der Waals surface area contributed by atoms with Crippen molar-refractivity contribution in [3.8, 4) is 11.5 Å². The third kappa shape index (κ3) is 1.26. The van der Waals surface area contributed by atoms with E-state index >= 15 is 0 Å². The summed E-state index contributed by atoms with van der Waals surface area (Å²) in [6.07, 6.45) is 3.52. The van der Waals surface area contributed by atoms with Crippen molar-refractivity contribution >= 4 is 23.3 Å². The first-order valence-electron chi connectivity index (χ1n) is 4.32. The largest absolute Gasteiger partial charge is 0.409 e. The van der Waals surface area contributed by atoms with Gasteiger partial charge in [0.1, 0.15) is 5.65 Å². The molecule has 3 heterocycles. The van der Waals surface area contributed by atoms with E-state index < -0.39 is 0 Å². The number of aromatic nitrogens is 4. The lowest BCUT2D eigenvalue weighted by molar-refractivity contribution is 0.552. The second-order valence-electron chi connectivity index (χ2n) is 3.02. The molecule has 5 nitrogen and oxygen atoms in total. The van der Waals surface area contributed by atoms with E-state index in [1.54, 1.807) is 6.20 Å². The summed E-state index contributed by atoms with van der Waals surface area (Å²) in [5, 5.41) is 7.53. The molecule has 0 saturated carbocycles. The molecule has 6 heteroatoms. The van der Waals surface area contributed by atoms with Crippen LogP contribution in [0.5, 0.6) is 0 Å². The summed E-state index contributed by atoms with van der Waals surface area (Å²) >= 11 is 4.83. The maximum absolute atomic E-state index is 5.25. The summed E-state index contributed by atoms with van der Waals surface area (Å²) in [5.74, 6) is 0.479. The molecule has 3 aromatic rings. The van der Waals surface area contributed by atoms with Crippen molar-refractivity contribution in [2.45, 2.75) is 0 Å². The van der Waals surface area contributed by atoms with Crippen molar-refractivity contribution in [1.82, 2.24) is 20.2 Å². The zero-order chi connectivity index (χ0) is 10.3. The van der Waals surface area contributed by atoms with Gasteiger partial charge in [0, 0.05) is 17.8 Å². The second-order valence-corrected chi connectivity index (χ2v) is 3.39. The highest BCUT2D eigenvalue weighted by molar-refractivity contribution is 7.71. The van der Waals surface area contributed by atoms with Crippen LogP contribution >= 0.6 is 12.2 Å². The quantitative estimate of drug-likeness (QED) is 0.615. The minimum Gasteiger partial charge on any atom is -0.409 e. The Morgan fingerprint density at radius 2 is 2.27 bits per heavy atom. The third-order valence-corrected chi connectivity index (χ3v) is 2.30. The van der Waals surface area contributed by atoms with Gasteiger partial charge in [0.25, 0.3) is 4.84 Å². The highest BCUT2D eigenvalue weighted by Gasteiger charge is 2.09. The summed E-state index contributed by atoms with van der Waals surface area (Å²) < 4.78 is 5.25. The lowest BCUT2D eigenvalue weighted by atomic mass is 10.2. The third-order valence-electron chi connectivity index (χ3n) is 2.13. The van der Waals surface area contributed by atoms with Gasteiger partial charge in [0.15, 0.2) is 0 Å². The fraction of sp³-hybridized carbons (Fsp3) is 0. The Morgan fingerprint density at radius 3 is 3.07 bits per heavy atom. The molecule has 3 aromatic heterocycles. The number of nitrogens with zero attached hydrogens (tertiary/aromatic N) is 2. The normalized spacial score (nSPS) is 10.9. The van der Waals surface area contributed by atoms with E-state index in [0.29, 0.717) is 5.89 Å². The smallest absolute Gasteiger partial charge is 0.284 e. The van der Waals surface area contributed by atoms with Crippen LogP contribution in [0.15, 0.2) is 28.9 Å². The average Bonchev–Trinajstić information content (AvgIpc) is 2.84. The van der Waals surface area contributed by atoms with E-state index in [9.17, 15) is 0 Å². The maximum atomic E-state index is 5.25. The van der Waals surface area contributed by atoms with Crippen LogP contribution in [0.2, 0.25) is 0 Å². The molecule has 15 heavy (non-hydrogen) atoms. The van der Waals surface area contributed by atoms with Crippen LogP contribution in [0.1, 0.15) is 0 Å². The Balaban J connectivity index is 2.35. The van der Waals surface area contributed by atoms with Crippen LogP contribution in [-0.4, -0.2) is 20.2 Å². The van der Waals surface area contributed by atoms with Gasteiger partial charge >= 0.3 is 0 Å². The first-order chi connectivity index (χ1) is 7.34. The van der Waals surface area contributed by atoms with Gasteiger partial charge in [0.2, 0.25) is 5.89 Å². The monoisotopic (exact) mass is 218 g/mol. The molecule has 74 valence electrons. The van der Waals surface area contributed by atoms with Crippen molar-refractivity contribution in [3.63, 3.8) is 0 Å². The standard InChI is InChI=1S/C9H6N4OS/c15-9-13-12-8(14-9)6-2-4-11-7-5(6)1-3-10-7/h1-4H,(H,10,11)(H,13,15). The molecule has 3 rings (SSSR count). The van der Waals surface area contributed by atoms with Crippen molar-refractivity contribution < 1.29 is 4.42 Å². The van der Waals surface area contributed by atoms with Crippen molar-refractivity contribution in [3.05, 3.63) is 29.4 Å². The van der Waals surface area contributed by atoms with E-state index in [4.69, 9.17) is 16.6 Å². The molecule has 0 aliphatic rings. The zero-order valence-electron chi connectivity index (χ0n) is 7.52. The number of hydrogen-bond donors (Lipinski definition) is 2. The number of nitrogens with one attached hydrogen (secondary N) is 2. The Labute approximate surface area is 89.2 Å². The summed E-state index contributed by atoms with van der Waals surface area (Å²) in [6, 6.07) is 3.76. The lowest BCUT2D eigenvalue weighted by Gasteiger charge is -1.95. The van der Waals surface area contributed by atoms with Crippen molar-refractivity contribution in [1.29, 1.82) is 0 Å². The van der Waals surface area contributed by atoms with E-state index in [-0.39, 0.29) is 4.84 Å². The Bertz CT molecular complexity index is 666. The molecule has 0 aliphatic heterocycles. The Kier molecular flexibility index (Phi) is 1.69. The van der Waals surface area contributed by atoms with Gasteiger partial charge in [-0.2, -0.15) is 0 Å². The Hall–Kier alpha value is -1.95. The minimum atomic E-state index is 0.269. The fourth-order valence-electron chi connectivity index (χ4n) is 1.49. The fourth-order valence-corrected chi connectivity index (χ4v) is 1.62. The van der Waals surface area contributed by atoms with Crippen molar-refractivity contribution in [2.75, 3.05) is 0 Å². The van der Waals surface area contributed by atoms with Gasteiger partial charge in [-0.3, -0.25) is 0 Å². The molecule has 0 bridgehead atoms. The molecular formula is C9H6N4OS. The predicted molar refractivity (Wildman–Crippen MR) is 56.8 cm³/mol. The van der Waals surface area contributed by atoms with Crippen LogP contribution in [-0.2, 0) is 0 Å². The van der Waals surface area contributed by atoms with Crippen LogP contribution < -0.4 is 0 Å². The van der Waals surface area contributed by atoms with Gasteiger partial charge in [-0.1, -0.05) is 0 Å². The molecule has 0 aromatic carbocycles. The van der Waals surface area contributed by atoms with E-state index in [0.717, 1.165) is 16.6 Å². The van der Waals surface area contributed by atoms with Crippen LogP contribution in [0.4, 0.5) is 0 Å². The number of fused-ring (bicyclic) bond motifs is 1. The summed E-state index contributed by atoms with van der Waals surface area (Å²) in [6.45, 7) is 0. The number of rotatable bonds is 1. The molecule has 0 spiro atoms. The second kappa shape index (κ2) is 3.03. The topological polar surface area (TPSA) is 70.5 Å². The van der Waals surface area contributed by atoms with E-state index in [1.165, 1.54) is 0 Å². The number of pyridine rings is 1. The van der Waals surface area contributed by atoms with Crippen LogP contribution in [0.3, 0.4) is 0 Å².